The monoisotopic (exact) mass is 207 g/mol. The summed E-state index contributed by atoms with van der Waals surface area (Å²) in [6, 6.07) is 8.69. The number of rotatable bonds is 3. The lowest BCUT2D eigenvalue weighted by Crippen LogP contribution is -2.12. The highest BCUT2D eigenvalue weighted by Gasteiger charge is 2.07. The van der Waals surface area contributed by atoms with E-state index in [-0.39, 0.29) is 6.04 Å². The fourth-order valence-corrected chi connectivity index (χ4v) is 1.46. The molecular weight excluding hydrogens is 182 g/mol. The molecule has 0 aliphatic heterocycles. The molecule has 86 valence electrons. The Bertz CT molecular complexity index is 249. The van der Waals surface area contributed by atoms with Crippen LogP contribution in [0, 0.1) is 12.8 Å². The van der Waals surface area contributed by atoms with E-state index in [0.717, 1.165) is 6.42 Å². The smallest absolute Gasteiger partial charge is 0.0297 e. The lowest BCUT2D eigenvalue weighted by molar-refractivity contribution is 0.510. The Labute approximate surface area is 94.7 Å². The summed E-state index contributed by atoms with van der Waals surface area (Å²) in [5.74, 6) is 0.663. The van der Waals surface area contributed by atoms with Gasteiger partial charge < -0.3 is 5.73 Å². The van der Waals surface area contributed by atoms with E-state index in [0.29, 0.717) is 5.92 Å². The van der Waals surface area contributed by atoms with Crippen LogP contribution in [0.3, 0.4) is 0 Å². The van der Waals surface area contributed by atoms with E-state index in [9.17, 15) is 0 Å². The molecule has 0 radical (unpaired) electrons. The lowest BCUT2D eigenvalue weighted by Gasteiger charge is -2.14. The second-order valence-electron chi connectivity index (χ2n) is 4.15. The van der Waals surface area contributed by atoms with Crippen molar-refractivity contribution in [3.05, 3.63) is 35.4 Å². The van der Waals surface area contributed by atoms with E-state index in [1.807, 2.05) is 13.8 Å². The average Bonchev–Trinajstić information content (AvgIpc) is 2.20. The second-order valence-corrected chi connectivity index (χ2v) is 4.15. The predicted octanol–water partition coefficient (Wildman–Crippen LogP) is 4.07. The third-order valence-corrected chi connectivity index (χ3v) is 2.23. The van der Waals surface area contributed by atoms with Crippen LogP contribution in [-0.4, -0.2) is 0 Å². The Morgan fingerprint density at radius 2 is 1.53 bits per heavy atom. The topological polar surface area (TPSA) is 26.0 Å². The highest BCUT2D eigenvalue weighted by atomic mass is 14.6. The van der Waals surface area contributed by atoms with Crippen molar-refractivity contribution in [1.82, 2.24) is 0 Å². The van der Waals surface area contributed by atoms with Crippen LogP contribution < -0.4 is 5.73 Å². The molecule has 0 aliphatic rings. The minimum Gasteiger partial charge on any atom is -0.324 e. The van der Waals surface area contributed by atoms with Crippen LogP contribution in [0.2, 0.25) is 0 Å². The maximum atomic E-state index is 6.05. The second kappa shape index (κ2) is 7.47. The van der Waals surface area contributed by atoms with Crippen molar-refractivity contribution in [3.8, 4) is 0 Å². The normalized spacial score (nSPS) is 11.9. The molecule has 0 heterocycles. The Kier molecular flexibility index (Phi) is 7.06. The van der Waals surface area contributed by atoms with Gasteiger partial charge in [-0.2, -0.15) is 0 Å². The first-order chi connectivity index (χ1) is 7.09. The third-order valence-electron chi connectivity index (χ3n) is 2.23. The standard InChI is InChI=1S/C12H19N.C2H6/c1-9(2)8-12(13)11-6-4-10(3)5-7-11;1-2/h4-7,9,12H,8,13H2,1-3H3;1-2H3. The summed E-state index contributed by atoms with van der Waals surface area (Å²) in [5, 5.41) is 0. The van der Waals surface area contributed by atoms with Gasteiger partial charge in [0.25, 0.3) is 0 Å². The molecule has 2 N–H and O–H groups in total. The van der Waals surface area contributed by atoms with Crippen molar-refractivity contribution >= 4 is 0 Å². The summed E-state index contributed by atoms with van der Waals surface area (Å²) in [7, 11) is 0. The van der Waals surface area contributed by atoms with E-state index >= 15 is 0 Å². The van der Waals surface area contributed by atoms with Gasteiger partial charge in [-0.1, -0.05) is 57.5 Å². The Morgan fingerprint density at radius 3 is 1.93 bits per heavy atom. The van der Waals surface area contributed by atoms with E-state index < -0.39 is 0 Å². The van der Waals surface area contributed by atoms with Crippen LogP contribution in [0.4, 0.5) is 0 Å². The van der Waals surface area contributed by atoms with E-state index in [2.05, 4.69) is 45.0 Å². The molecule has 1 nitrogen and oxygen atoms in total. The Morgan fingerprint density at radius 1 is 1.07 bits per heavy atom. The van der Waals surface area contributed by atoms with E-state index in [1.165, 1.54) is 11.1 Å². The first-order valence-corrected chi connectivity index (χ1v) is 5.91. The van der Waals surface area contributed by atoms with Crippen molar-refractivity contribution in [2.75, 3.05) is 0 Å². The summed E-state index contributed by atoms with van der Waals surface area (Å²) in [4.78, 5) is 0. The molecule has 0 bridgehead atoms. The number of nitrogens with two attached hydrogens (primary N) is 1. The van der Waals surface area contributed by atoms with Crippen LogP contribution in [-0.2, 0) is 0 Å². The average molecular weight is 207 g/mol. The van der Waals surface area contributed by atoms with Crippen molar-refractivity contribution < 1.29 is 0 Å². The molecule has 0 saturated heterocycles. The molecule has 1 aromatic carbocycles. The SMILES string of the molecule is CC.Cc1ccc(C(N)CC(C)C)cc1. The fourth-order valence-electron chi connectivity index (χ4n) is 1.46. The summed E-state index contributed by atoms with van der Waals surface area (Å²) in [5.41, 5.74) is 8.59. The van der Waals surface area contributed by atoms with Gasteiger partial charge in [-0.05, 0) is 24.8 Å². The first kappa shape index (κ1) is 14.2. The lowest BCUT2D eigenvalue weighted by atomic mass is 9.97. The van der Waals surface area contributed by atoms with Crippen molar-refractivity contribution in [3.63, 3.8) is 0 Å². The minimum atomic E-state index is 0.195. The number of hydrogen-bond acceptors (Lipinski definition) is 1. The quantitative estimate of drug-likeness (QED) is 0.794. The van der Waals surface area contributed by atoms with E-state index in [4.69, 9.17) is 5.73 Å². The highest BCUT2D eigenvalue weighted by molar-refractivity contribution is 5.23. The predicted molar refractivity (Wildman–Crippen MR) is 68.9 cm³/mol. The summed E-state index contributed by atoms with van der Waals surface area (Å²) in [6.45, 7) is 10.5. The van der Waals surface area contributed by atoms with Gasteiger partial charge in [0.2, 0.25) is 0 Å². The van der Waals surface area contributed by atoms with Crippen LogP contribution >= 0.6 is 0 Å². The highest BCUT2D eigenvalue weighted by Crippen LogP contribution is 2.18. The zero-order valence-corrected chi connectivity index (χ0v) is 10.7. The minimum absolute atomic E-state index is 0.195. The molecule has 15 heavy (non-hydrogen) atoms. The van der Waals surface area contributed by atoms with Gasteiger partial charge in [-0.25, -0.2) is 0 Å². The number of aryl methyl sites for hydroxylation is 1. The maximum Gasteiger partial charge on any atom is 0.0297 e. The molecule has 1 heteroatoms. The van der Waals surface area contributed by atoms with Gasteiger partial charge in [0.15, 0.2) is 0 Å². The van der Waals surface area contributed by atoms with Gasteiger partial charge in [-0.15, -0.1) is 0 Å². The molecule has 1 atom stereocenters. The largest absolute Gasteiger partial charge is 0.324 e. The molecule has 1 unspecified atom stereocenters. The van der Waals surface area contributed by atoms with Crippen molar-refractivity contribution in [2.45, 2.75) is 47.1 Å². The number of benzene rings is 1. The zero-order chi connectivity index (χ0) is 11.8. The molecule has 0 saturated carbocycles. The molecule has 0 amide bonds. The summed E-state index contributed by atoms with van der Waals surface area (Å²) < 4.78 is 0. The first-order valence-electron chi connectivity index (χ1n) is 5.91. The maximum absolute atomic E-state index is 6.05. The van der Waals surface area contributed by atoms with Gasteiger partial charge in [-0.3, -0.25) is 0 Å². The molecule has 1 aromatic rings. The molecule has 1 rings (SSSR count). The Balaban J connectivity index is 0.000000921. The fraction of sp³-hybridized carbons (Fsp3) is 0.571. The van der Waals surface area contributed by atoms with Crippen molar-refractivity contribution in [2.24, 2.45) is 11.7 Å². The number of hydrogen-bond donors (Lipinski definition) is 1. The van der Waals surface area contributed by atoms with Gasteiger partial charge in [0.05, 0.1) is 0 Å². The van der Waals surface area contributed by atoms with Crippen LogP contribution in [0.1, 0.15) is 51.3 Å². The van der Waals surface area contributed by atoms with Gasteiger partial charge in [0.1, 0.15) is 0 Å². The molecule has 0 fully saturated rings. The Hall–Kier alpha value is -0.820. The zero-order valence-electron chi connectivity index (χ0n) is 10.7. The molecule has 0 aromatic heterocycles. The third kappa shape index (κ3) is 5.58. The summed E-state index contributed by atoms with van der Waals surface area (Å²) in [6.07, 6.45) is 1.06. The molecule has 0 spiro atoms. The van der Waals surface area contributed by atoms with Crippen molar-refractivity contribution in [1.29, 1.82) is 0 Å². The van der Waals surface area contributed by atoms with Gasteiger partial charge in [0, 0.05) is 6.04 Å². The van der Waals surface area contributed by atoms with Gasteiger partial charge >= 0.3 is 0 Å². The molecule has 0 aliphatic carbocycles. The van der Waals surface area contributed by atoms with E-state index in [1.54, 1.807) is 0 Å². The molecular formula is C14H25N. The van der Waals surface area contributed by atoms with Crippen LogP contribution in [0.15, 0.2) is 24.3 Å². The van der Waals surface area contributed by atoms with Crippen LogP contribution in [0.5, 0.6) is 0 Å². The van der Waals surface area contributed by atoms with Crippen LogP contribution in [0.25, 0.3) is 0 Å². The summed E-state index contributed by atoms with van der Waals surface area (Å²) >= 11 is 0.